The number of hydrogen-bond acceptors (Lipinski definition) is 3. The van der Waals surface area contributed by atoms with E-state index in [1.165, 1.54) is 18.2 Å². The summed E-state index contributed by atoms with van der Waals surface area (Å²) in [5.41, 5.74) is -0.0115. The van der Waals surface area contributed by atoms with Gasteiger partial charge in [-0.1, -0.05) is 15.9 Å². The lowest BCUT2D eigenvalue weighted by Crippen LogP contribution is -2.16. The van der Waals surface area contributed by atoms with Crippen LogP contribution in [-0.2, 0) is 0 Å². The first-order chi connectivity index (χ1) is 9.51. The Labute approximate surface area is 122 Å². The van der Waals surface area contributed by atoms with Gasteiger partial charge >= 0.3 is 0 Å². The highest BCUT2D eigenvalue weighted by atomic mass is 79.9. The van der Waals surface area contributed by atoms with Crippen molar-refractivity contribution >= 4 is 33.3 Å². The lowest BCUT2D eigenvalue weighted by Gasteiger charge is -2.10. The molecular weight excluding hydrogens is 332 g/mol. The number of anilines is 2. The van der Waals surface area contributed by atoms with Crippen LogP contribution in [0, 0.1) is 11.6 Å². The van der Waals surface area contributed by atoms with Gasteiger partial charge in [-0.3, -0.25) is 4.79 Å². The molecule has 0 unspecified atom stereocenters. The van der Waals surface area contributed by atoms with Gasteiger partial charge in [-0.15, -0.1) is 0 Å². The molecule has 2 aromatic rings. The zero-order valence-electron chi connectivity index (χ0n) is 10.4. The van der Waals surface area contributed by atoms with E-state index in [1.807, 2.05) is 0 Å². The second-order valence-electron chi connectivity index (χ2n) is 3.88. The average Bonchev–Trinajstić information content (AvgIpc) is 2.42. The van der Waals surface area contributed by atoms with Crippen LogP contribution in [0.4, 0.5) is 20.3 Å². The first-order valence-corrected chi connectivity index (χ1v) is 6.40. The van der Waals surface area contributed by atoms with Gasteiger partial charge < -0.3 is 10.6 Å². The molecule has 20 heavy (non-hydrogen) atoms. The van der Waals surface area contributed by atoms with Crippen LogP contribution in [-0.4, -0.2) is 17.9 Å². The number of nitrogens with zero attached hydrogens (tertiary/aromatic N) is 1. The monoisotopic (exact) mass is 341 g/mol. The number of hydrogen-bond donors (Lipinski definition) is 2. The second kappa shape index (κ2) is 5.96. The van der Waals surface area contributed by atoms with Crippen molar-refractivity contribution in [2.75, 3.05) is 17.7 Å². The molecule has 0 aliphatic carbocycles. The topological polar surface area (TPSA) is 54.0 Å². The van der Waals surface area contributed by atoms with E-state index in [1.54, 1.807) is 7.05 Å². The van der Waals surface area contributed by atoms with Crippen molar-refractivity contribution in [2.45, 2.75) is 0 Å². The number of carbonyl (C=O) groups is 1. The molecule has 104 valence electrons. The van der Waals surface area contributed by atoms with E-state index in [2.05, 4.69) is 31.5 Å². The Bertz CT molecular complexity index is 664. The number of carbonyl (C=O) groups excluding carboxylic acids is 1. The van der Waals surface area contributed by atoms with Gasteiger partial charge in [0.2, 0.25) is 0 Å². The summed E-state index contributed by atoms with van der Waals surface area (Å²) < 4.78 is 27.4. The van der Waals surface area contributed by atoms with E-state index < -0.39 is 17.5 Å². The minimum atomic E-state index is -0.654. The largest absolute Gasteiger partial charge is 0.372 e. The first-order valence-electron chi connectivity index (χ1n) is 5.61. The minimum absolute atomic E-state index is 0.00399. The summed E-state index contributed by atoms with van der Waals surface area (Å²) in [6.45, 7) is 0. The van der Waals surface area contributed by atoms with Crippen LogP contribution in [0.15, 0.2) is 34.9 Å². The van der Waals surface area contributed by atoms with Gasteiger partial charge in [-0.25, -0.2) is 13.8 Å². The van der Waals surface area contributed by atoms with E-state index in [9.17, 15) is 13.6 Å². The summed E-state index contributed by atoms with van der Waals surface area (Å²) >= 11 is 3.18. The van der Waals surface area contributed by atoms with Crippen molar-refractivity contribution in [3.05, 3.63) is 52.1 Å². The molecule has 1 heterocycles. The van der Waals surface area contributed by atoms with Gasteiger partial charge in [0, 0.05) is 11.5 Å². The van der Waals surface area contributed by atoms with E-state index in [0.29, 0.717) is 4.47 Å². The molecule has 7 heteroatoms. The maximum Gasteiger partial charge on any atom is 0.259 e. The summed E-state index contributed by atoms with van der Waals surface area (Å²) in [7, 11) is 1.55. The minimum Gasteiger partial charge on any atom is -0.372 e. The van der Waals surface area contributed by atoms with Crippen LogP contribution < -0.4 is 10.6 Å². The third kappa shape index (κ3) is 3.11. The molecule has 0 atom stereocenters. The smallest absolute Gasteiger partial charge is 0.259 e. The molecule has 0 aliphatic rings. The van der Waals surface area contributed by atoms with Crippen molar-refractivity contribution in [3.63, 3.8) is 0 Å². The number of nitrogens with one attached hydrogen (secondary N) is 2. The number of benzene rings is 1. The average molecular weight is 342 g/mol. The standard InChI is InChI=1S/C13H10BrF2N3O/c1-17-12-9(5-8(15)6-18-12)13(20)19-11-4-7(14)2-3-10(11)16/h2-6H,1H3,(H,17,18)(H,19,20). The Kier molecular flexibility index (Phi) is 4.29. The van der Waals surface area contributed by atoms with Gasteiger partial charge in [-0.2, -0.15) is 0 Å². The van der Waals surface area contributed by atoms with E-state index in [-0.39, 0.29) is 17.1 Å². The molecule has 0 saturated carbocycles. The van der Waals surface area contributed by atoms with Gasteiger partial charge in [0.1, 0.15) is 17.5 Å². The van der Waals surface area contributed by atoms with Gasteiger partial charge in [-0.05, 0) is 24.3 Å². The summed E-state index contributed by atoms with van der Waals surface area (Å²) in [4.78, 5) is 15.8. The fraction of sp³-hybridized carbons (Fsp3) is 0.0769. The molecule has 0 spiro atoms. The van der Waals surface area contributed by atoms with Crippen LogP contribution in [0.1, 0.15) is 10.4 Å². The van der Waals surface area contributed by atoms with E-state index >= 15 is 0 Å². The maximum atomic E-state index is 13.6. The van der Waals surface area contributed by atoms with Crippen LogP contribution in [0.5, 0.6) is 0 Å². The predicted molar refractivity (Wildman–Crippen MR) is 75.8 cm³/mol. The summed E-state index contributed by atoms with van der Waals surface area (Å²) in [6.07, 6.45) is 0.988. The first kappa shape index (κ1) is 14.4. The molecule has 4 nitrogen and oxygen atoms in total. The molecule has 0 saturated heterocycles. The lowest BCUT2D eigenvalue weighted by atomic mass is 10.2. The predicted octanol–water partition coefficient (Wildman–Crippen LogP) is 3.42. The second-order valence-corrected chi connectivity index (χ2v) is 4.79. The van der Waals surface area contributed by atoms with Crippen LogP contribution in [0.3, 0.4) is 0 Å². The van der Waals surface area contributed by atoms with Crippen molar-refractivity contribution in [3.8, 4) is 0 Å². The number of pyridine rings is 1. The highest BCUT2D eigenvalue weighted by Crippen LogP contribution is 2.22. The van der Waals surface area contributed by atoms with E-state index in [4.69, 9.17) is 0 Å². The number of amides is 1. The lowest BCUT2D eigenvalue weighted by molar-refractivity contribution is 0.102. The van der Waals surface area contributed by atoms with Crippen molar-refractivity contribution in [1.82, 2.24) is 4.98 Å². The molecule has 2 rings (SSSR count). The Morgan fingerprint density at radius 2 is 2.05 bits per heavy atom. The zero-order chi connectivity index (χ0) is 14.7. The van der Waals surface area contributed by atoms with Gasteiger partial charge in [0.05, 0.1) is 17.4 Å². The summed E-state index contributed by atoms with van der Waals surface area (Å²) in [6, 6.07) is 5.17. The third-order valence-electron chi connectivity index (χ3n) is 2.51. The number of halogens is 3. The van der Waals surface area contributed by atoms with Crippen LogP contribution >= 0.6 is 15.9 Å². The highest BCUT2D eigenvalue weighted by molar-refractivity contribution is 9.10. The normalized spacial score (nSPS) is 10.2. The molecule has 2 N–H and O–H groups in total. The molecule has 0 aliphatic heterocycles. The molecule has 0 fully saturated rings. The summed E-state index contributed by atoms with van der Waals surface area (Å²) in [5.74, 6) is -1.68. The Morgan fingerprint density at radius 1 is 1.30 bits per heavy atom. The van der Waals surface area contributed by atoms with Crippen LogP contribution in [0.2, 0.25) is 0 Å². The molecule has 0 radical (unpaired) electrons. The molecular formula is C13H10BrF2N3O. The van der Waals surface area contributed by atoms with Gasteiger partial charge in [0.25, 0.3) is 5.91 Å². The quantitative estimate of drug-likeness (QED) is 0.899. The molecule has 1 amide bonds. The Balaban J connectivity index is 2.32. The van der Waals surface area contributed by atoms with Crippen molar-refractivity contribution in [2.24, 2.45) is 0 Å². The third-order valence-corrected chi connectivity index (χ3v) is 3.01. The summed E-state index contributed by atoms with van der Waals surface area (Å²) in [5, 5.41) is 5.05. The molecule has 0 bridgehead atoms. The molecule has 1 aromatic carbocycles. The fourth-order valence-corrected chi connectivity index (χ4v) is 1.96. The SMILES string of the molecule is CNc1ncc(F)cc1C(=O)Nc1cc(Br)ccc1F. The van der Waals surface area contributed by atoms with Crippen molar-refractivity contribution < 1.29 is 13.6 Å². The number of aromatic nitrogens is 1. The zero-order valence-corrected chi connectivity index (χ0v) is 12.0. The highest BCUT2D eigenvalue weighted by Gasteiger charge is 2.15. The van der Waals surface area contributed by atoms with E-state index in [0.717, 1.165) is 12.3 Å². The Hall–Kier alpha value is -2.02. The molecule has 1 aromatic heterocycles. The van der Waals surface area contributed by atoms with Crippen molar-refractivity contribution in [1.29, 1.82) is 0 Å². The Morgan fingerprint density at radius 3 is 2.75 bits per heavy atom. The van der Waals surface area contributed by atoms with Gasteiger partial charge in [0.15, 0.2) is 0 Å². The van der Waals surface area contributed by atoms with Crippen LogP contribution in [0.25, 0.3) is 0 Å². The fourth-order valence-electron chi connectivity index (χ4n) is 1.59. The maximum absolute atomic E-state index is 13.6. The number of rotatable bonds is 3.